The largest absolute Gasteiger partial charge is 0.360 e. The molecule has 25 heavy (non-hydrogen) atoms. The fourth-order valence-electron chi connectivity index (χ4n) is 1.98. The lowest BCUT2D eigenvalue weighted by atomic mass is 10.2. The van der Waals surface area contributed by atoms with Crippen molar-refractivity contribution in [3.8, 4) is 0 Å². The molecule has 0 spiro atoms. The minimum Gasteiger partial charge on any atom is -0.360 e. The molecule has 0 fully saturated rings. The molecule has 1 aromatic carbocycles. The number of pyridine rings is 1. The summed E-state index contributed by atoms with van der Waals surface area (Å²) in [5, 5.41) is 8.80. The number of halogens is 3. The van der Waals surface area contributed by atoms with Crippen molar-refractivity contribution in [3.05, 3.63) is 65.4 Å². The molecule has 128 valence electrons. The quantitative estimate of drug-likeness (QED) is 0.701. The van der Waals surface area contributed by atoms with Gasteiger partial charge < -0.3 is 15.2 Å². The Morgan fingerprint density at radius 1 is 1.12 bits per heavy atom. The van der Waals surface area contributed by atoms with Gasteiger partial charge in [0.2, 0.25) is 0 Å². The maximum Gasteiger partial charge on any atom is 0.274 e. The Balaban J connectivity index is 1.71. The Morgan fingerprint density at radius 2 is 1.92 bits per heavy atom. The summed E-state index contributed by atoms with van der Waals surface area (Å²) in [4.78, 5) is 16.0. The van der Waals surface area contributed by atoms with E-state index in [1.807, 2.05) is 0 Å². The third kappa shape index (κ3) is 3.60. The first-order valence-electron chi connectivity index (χ1n) is 7.05. The van der Waals surface area contributed by atoms with Gasteiger partial charge in [-0.1, -0.05) is 5.16 Å². The van der Waals surface area contributed by atoms with Gasteiger partial charge in [0.05, 0.1) is 17.6 Å². The SMILES string of the molecule is Cc1cc(Nc2ccc(C(=O)Nc3ccc(F)c(F)c3F)nc2)no1. The summed E-state index contributed by atoms with van der Waals surface area (Å²) in [5.41, 5.74) is 0.0286. The lowest BCUT2D eigenvalue weighted by Gasteiger charge is -2.07. The van der Waals surface area contributed by atoms with Crippen LogP contribution in [0.3, 0.4) is 0 Å². The minimum atomic E-state index is -1.66. The molecule has 0 unspecified atom stereocenters. The van der Waals surface area contributed by atoms with Crippen molar-refractivity contribution in [1.29, 1.82) is 0 Å². The summed E-state index contributed by atoms with van der Waals surface area (Å²) in [6.45, 7) is 1.74. The van der Waals surface area contributed by atoms with E-state index in [4.69, 9.17) is 4.52 Å². The number of aromatic nitrogens is 2. The average molecular weight is 348 g/mol. The maximum atomic E-state index is 13.6. The fraction of sp³-hybridized carbons (Fsp3) is 0.0625. The first kappa shape index (κ1) is 16.5. The Morgan fingerprint density at radius 3 is 2.56 bits per heavy atom. The van der Waals surface area contributed by atoms with Gasteiger partial charge in [-0.15, -0.1) is 0 Å². The molecule has 0 saturated carbocycles. The fourth-order valence-corrected chi connectivity index (χ4v) is 1.98. The van der Waals surface area contributed by atoms with Crippen LogP contribution in [-0.4, -0.2) is 16.0 Å². The van der Waals surface area contributed by atoms with Gasteiger partial charge in [0.15, 0.2) is 23.3 Å². The van der Waals surface area contributed by atoms with E-state index in [2.05, 4.69) is 20.8 Å². The second-order valence-corrected chi connectivity index (χ2v) is 5.06. The third-order valence-corrected chi connectivity index (χ3v) is 3.18. The smallest absolute Gasteiger partial charge is 0.274 e. The van der Waals surface area contributed by atoms with Crippen LogP contribution in [-0.2, 0) is 0 Å². The number of anilines is 3. The highest BCUT2D eigenvalue weighted by molar-refractivity contribution is 6.03. The topological polar surface area (TPSA) is 80.0 Å². The van der Waals surface area contributed by atoms with Crippen molar-refractivity contribution in [3.63, 3.8) is 0 Å². The van der Waals surface area contributed by atoms with Crippen molar-refractivity contribution in [2.75, 3.05) is 10.6 Å². The van der Waals surface area contributed by atoms with Gasteiger partial charge in [0, 0.05) is 6.07 Å². The van der Waals surface area contributed by atoms with Crippen LogP contribution < -0.4 is 10.6 Å². The second kappa shape index (κ2) is 6.63. The number of carbonyl (C=O) groups excluding carboxylic acids is 1. The summed E-state index contributed by atoms with van der Waals surface area (Å²) < 4.78 is 44.5. The normalized spacial score (nSPS) is 10.6. The number of hydrogen-bond acceptors (Lipinski definition) is 5. The number of nitrogens with zero attached hydrogens (tertiary/aromatic N) is 2. The highest BCUT2D eigenvalue weighted by atomic mass is 19.2. The van der Waals surface area contributed by atoms with Crippen LogP contribution in [0, 0.1) is 24.4 Å². The molecule has 3 aromatic rings. The van der Waals surface area contributed by atoms with Gasteiger partial charge in [-0.2, -0.15) is 0 Å². The van der Waals surface area contributed by atoms with Crippen LogP contribution in [0.5, 0.6) is 0 Å². The van der Waals surface area contributed by atoms with E-state index in [0.29, 0.717) is 23.3 Å². The predicted octanol–water partition coefficient (Wildman–Crippen LogP) is 3.79. The Hall–Kier alpha value is -3.36. The van der Waals surface area contributed by atoms with E-state index in [1.54, 1.807) is 19.1 Å². The van der Waals surface area contributed by atoms with E-state index >= 15 is 0 Å². The molecule has 2 aromatic heterocycles. The van der Waals surface area contributed by atoms with Crippen molar-refractivity contribution in [1.82, 2.24) is 10.1 Å². The van der Waals surface area contributed by atoms with Crippen LogP contribution in [0.15, 0.2) is 41.1 Å². The van der Waals surface area contributed by atoms with Crippen molar-refractivity contribution in [2.45, 2.75) is 6.92 Å². The molecular formula is C16H11F3N4O2. The maximum absolute atomic E-state index is 13.6. The molecular weight excluding hydrogens is 337 g/mol. The summed E-state index contributed by atoms with van der Waals surface area (Å²) in [6, 6.07) is 6.24. The van der Waals surface area contributed by atoms with Gasteiger partial charge in [0.25, 0.3) is 5.91 Å². The molecule has 0 radical (unpaired) electrons. The van der Waals surface area contributed by atoms with Crippen LogP contribution in [0.4, 0.5) is 30.4 Å². The molecule has 0 atom stereocenters. The Bertz CT molecular complexity index is 926. The summed E-state index contributed by atoms with van der Waals surface area (Å²) in [5.74, 6) is -4.15. The first-order valence-corrected chi connectivity index (χ1v) is 7.05. The molecule has 0 aliphatic heterocycles. The molecule has 0 bridgehead atoms. The molecule has 3 rings (SSSR count). The van der Waals surface area contributed by atoms with Gasteiger partial charge in [-0.05, 0) is 31.2 Å². The summed E-state index contributed by atoms with van der Waals surface area (Å²) >= 11 is 0. The molecule has 1 amide bonds. The van der Waals surface area contributed by atoms with Gasteiger partial charge in [-0.25, -0.2) is 18.2 Å². The summed E-state index contributed by atoms with van der Waals surface area (Å²) in [7, 11) is 0. The summed E-state index contributed by atoms with van der Waals surface area (Å²) in [6.07, 6.45) is 1.36. The number of hydrogen-bond donors (Lipinski definition) is 2. The Kier molecular flexibility index (Phi) is 4.38. The first-order chi connectivity index (χ1) is 11.9. The number of carbonyl (C=O) groups is 1. The van der Waals surface area contributed by atoms with Crippen LogP contribution in [0.1, 0.15) is 16.2 Å². The lowest BCUT2D eigenvalue weighted by molar-refractivity contribution is 0.102. The van der Waals surface area contributed by atoms with Crippen LogP contribution in [0.25, 0.3) is 0 Å². The molecule has 9 heteroatoms. The number of aryl methyl sites for hydroxylation is 1. The second-order valence-electron chi connectivity index (χ2n) is 5.06. The molecule has 0 saturated heterocycles. The average Bonchev–Trinajstić information content (AvgIpc) is 3.01. The third-order valence-electron chi connectivity index (χ3n) is 3.18. The molecule has 6 nitrogen and oxygen atoms in total. The zero-order valence-corrected chi connectivity index (χ0v) is 12.8. The zero-order valence-electron chi connectivity index (χ0n) is 12.8. The molecule has 0 aliphatic carbocycles. The van der Waals surface area contributed by atoms with E-state index in [9.17, 15) is 18.0 Å². The standard InChI is InChI=1S/C16H11F3N4O2/c1-8-6-13(23-25-8)21-9-2-4-12(20-7-9)16(24)22-11-5-3-10(17)14(18)15(11)19/h2-7H,1H3,(H,21,23)(H,22,24). The van der Waals surface area contributed by atoms with E-state index in [1.165, 1.54) is 12.3 Å². The van der Waals surface area contributed by atoms with Gasteiger partial charge in [0.1, 0.15) is 11.5 Å². The highest BCUT2D eigenvalue weighted by Gasteiger charge is 2.16. The zero-order chi connectivity index (χ0) is 18.0. The molecule has 2 N–H and O–H groups in total. The van der Waals surface area contributed by atoms with Gasteiger partial charge >= 0.3 is 0 Å². The molecule has 0 aliphatic rings. The lowest BCUT2D eigenvalue weighted by Crippen LogP contribution is -2.15. The number of nitrogens with one attached hydrogen (secondary N) is 2. The monoisotopic (exact) mass is 348 g/mol. The van der Waals surface area contributed by atoms with E-state index < -0.39 is 29.0 Å². The number of amides is 1. The highest BCUT2D eigenvalue weighted by Crippen LogP contribution is 2.20. The van der Waals surface area contributed by atoms with Crippen LogP contribution >= 0.6 is 0 Å². The number of rotatable bonds is 4. The predicted molar refractivity (Wildman–Crippen MR) is 83.0 cm³/mol. The Labute approximate surface area is 139 Å². The molecule has 2 heterocycles. The minimum absolute atomic E-state index is 0.0361. The van der Waals surface area contributed by atoms with Gasteiger partial charge in [-0.3, -0.25) is 4.79 Å². The van der Waals surface area contributed by atoms with E-state index in [-0.39, 0.29) is 5.69 Å². The number of benzene rings is 1. The van der Waals surface area contributed by atoms with Crippen LogP contribution in [0.2, 0.25) is 0 Å². The van der Waals surface area contributed by atoms with Crippen molar-refractivity contribution < 1.29 is 22.5 Å². The van der Waals surface area contributed by atoms with E-state index in [0.717, 1.165) is 6.07 Å². The van der Waals surface area contributed by atoms with Crippen molar-refractivity contribution in [2.24, 2.45) is 0 Å². The van der Waals surface area contributed by atoms with Crippen molar-refractivity contribution >= 4 is 23.1 Å².